The zero-order valence-electron chi connectivity index (χ0n) is 14.4. The van der Waals surface area contributed by atoms with Crippen LogP contribution in [0.4, 0.5) is 0 Å². The molecule has 0 bridgehead atoms. The molecule has 1 aliphatic heterocycles. The molecule has 1 heterocycles. The first-order valence-corrected chi connectivity index (χ1v) is 8.09. The summed E-state index contributed by atoms with van der Waals surface area (Å²) < 4.78 is 5.25. The molecule has 1 unspecified atom stereocenters. The molecular formula is C20H19NO4. The number of hydrogen-bond donors (Lipinski definition) is 0. The number of ether oxygens (including phenoxy) is 1. The van der Waals surface area contributed by atoms with Crippen molar-refractivity contribution < 1.29 is 19.1 Å². The van der Waals surface area contributed by atoms with Gasteiger partial charge in [0.25, 0.3) is 5.91 Å². The average molecular weight is 337 g/mol. The van der Waals surface area contributed by atoms with Gasteiger partial charge in [0.15, 0.2) is 0 Å². The van der Waals surface area contributed by atoms with Crippen molar-refractivity contribution in [2.24, 2.45) is 0 Å². The number of aryl methyl sites for hydroxylation is 1. The Morgan fingerprint density at radius 3 is 2.36 bits per heavy atom. The summed E-state index contributed by atoms with van der Waals surface area (Å²) in [7, 11) is 0. The first-order chi connectivity index (χ1) is 11.9. The second-order valence-corrected chi connectivity index (χ2v) is 6.16. The predicted molar refractivity (Wildman–Crippen MR) is 92.5 cm³/mol. The third-order valence-electron chi connectivity index (χ3n) is 4.43. The van der Waals surface area contributed by atoms with E-state index in [0.29, 0.717) is 5.56 Å². The minimum Gasteiger partial charge on any atom is -0.426 e. The molecule has 0 radical (unpaired) electrons. The van der Waals surface area contributed by atoms with Crippen LogP contribution in [0.3, 0.4) is 0 Å². The average Bonchev–Trinajstić information content (AvgIpc) is 2.57. The standard InChI is InChI=1S/C20H19NO4/c1-12-9-10-17(25-14(3)23)19-18(12)16(15-7-5-4-6-8-15)11-21(13(2)22)20(19)24/h4-10,16H,11H2,1-3H3. The number of nitrogens with zero attached hydrogens (tertiary/aromatic N) is 1. The van der Waals surface area contributed by atoms with Gasteiger partial charge in [-0.05, 0) is 29.7 Å². The van der Waals surface area contributed by atoms with E-state index in [1.54, 1.807) is 6.07 Å². The molecule has 0 saturated heterocycles. The summed E-state index contributed by atoms with van der Waals surface area (Å²) in [5.41, 5.74) is 3.04. The van der Waals surface area contributed by atoms with Crippen molar-refractivity contribution in [1.82, 2.24) is 4.90 Å². The van der Waals surface area contributed by atoms with Gasteiger partial charge in [-0.25, -0.2) is 0 Å². The molecule has 0 aromatic heterocycles. The van der Waals surface area contributed by atoms with Crippen molar-refractivity contribution >= 4 is 17.8 Å². The van der Waals surface area contributed by atoms with Gasteiger partial charge in [-0.3, -0.25) is 19.3 Å². The summed E-state index contributed by atoms with van der Waals surface area (Å²) >= 11 is 0. The van der Waals surface area contributed by atoms with Gasteiger partial charge in [0, 0.05) is 26.3 Å². The van der Waals surface area contributed by atoms with Gasteiger partial charge in [0.1, 0.15) is 5.75 Å². The largest absolute Gasteiger partial charge is 0.426 e. The number of benzene rings is 2. The van der Waals surface area contributed by atoms with Crippen LogP contribution in [0.5, 0.6) is 5.75 Å². The van der Waals surface area contributed by atoms with Crippen LogP contribution in [0, 0.1) is 6.92 Å². The van der Waals surface area contributed by atoms with Crippen LogP contribution in [0.25, 0.3) is 0 Å². The van der Waals surface area contributed by atoms with E-state index in [0.717, 1.165) is 16.7 Å². The smallest absolute Gasteiger partial charge is 0.308 e. The lowest BCUT2D eigenvalue weighted by atomic mass is 9.81. The topological polar surface area (TPSA) is 63.7 Å². The summed E-state index contributed by atoms with van der Waals surface area (Å²) in [6, 6.07) is 13.2. The second kappa shape index (κ2) is 6.51. The minimum absolute atomic E-state index is 0.159. The number of esters is 1. The van der Waals surface area contributed by atoms with Crippen LogP contribution < -0.4 is 4.74 Å². The van der Waals surface area contributed by atoms with E-state index in [1.165, 1.54) is 18.7 Å². The molecule has 5 heteroatoms. The van der Waals surface area contributed by atoms with E-state index < -0.39 is 11.9 Å². The van der Waals surface area contributed by atoms with E-state index in [-0.39, 0.29) is 24.1 Å². The highest BCUT2D eigenvalue weighted by Gasteiger charge is 2.37. The number of rotatable bonds is 2. The SMILES string of the molecule is CC(=O)Oc1ccc(C)c2c1C(=O)N(C(C)=O)CC2c1ccccc1. The first kappa shape index (κ1) is 16.9. The second-order valence-electron chi connectivity index (χ2n) is 6.16. The van der Waals surface area contributed by atoms with Crippen LogP contribution in [0.1, 0.15) is 46.8 Å². The van der Waals surface area contributed by atoms with Crippen LogP contribution in [-0.4, -0.2) is 29.2 Å². The van der Waals surface area contributed by atoms with E-state index in [1.807, 2.05) is 43.3 Å². The van der Waals surface area contributed by atoms with Gasteiger partial charge in [0.05, 0.1) is 5.56 Å². The van der Waals surface area contributed by atoms with Crippen molar-refractivity contribution in [3.63, 3.8) is 0 Å². The Labute approximate surface area is 146 Å². The van der Waals surface area contributed by atoms with Gasteiger partial charge < -0.3 is 4.74 Å². The molecule has 0 spiro atoms. The van der Waals surface area contributed by atoms with Crippen LogP contribution in [0.15, 0.2) is 42.5 Å². The fraction of sp³-hybridized carbons (Fsp3) is 0.250. The number of carbonyl (C=O) groups is 3. The molecule has 25 heavy (non-hydrogen) atoms. The van der Waals surface area contributed by atoms with E-state index in [9.17, 15) is 14.4 Å². The van der Waals surface area contributed by atoms with Gasteiger partial charge in [-0.2, -0.15) is 0 Å². The zero-order chi connectivity index (χ0) is 18.1. The van der Waals surface area contributed by atoms with E-state index >= 15 is 0 Å². The molecule has 1 atom stereocenters. The van der Waals surface area contributed by atoms with Crippen LogP contribution >= 0.6 is 0 Å². The Balaban J connectivity index is 2.25. The Bertz CT molecular complexity index is 857. The molecule has 5 nitrogen and oxygen atoms in total. The van der Waals surface area contributed by atoms with Crippen molar-refractivity contribution in [3.8, 4) is 5.75 Å². The molecular weight excluding hydrogens is 318 g/mol. The molecule has 0 aliphatic carbocycles. The Hall–Kier alpha value is -2.95. The molecule has 2 aromatic carbocycles. The van der Waals surface area contributed by atoms with Gasteiger partial charge in [-0.15, -0.1) is 0 Å². The third kappa shape index (κ3) is 3.05. The normalized spacial score (nSPS) is 16.4. The summed E-state index contributed by atoms with van der Waals surface area (Å²) in [6.07, 6.45) is 0. The summed E-state index contributed by atoms with van der Waals surface area (Å²) in [4.78, 5) is 37.6. The molecule has 128 valence electrons. The Kier molecular flexibility index (Phi) is 4.40. The summed E-state index contributed by atoms with van der Waals surface area (Å²) in [5.74, 6) is -1.21. The maximum Gasteiger partial charge on any atom is 0.308 e. The quantitative estimate of drug-likeness (QED) is 0.624. The maximum atomic E-state index is 12.9. The van der Waals surface area contributed by atoms with Crippen LogP contribution in [0.2, 0.25) is 0 Å². The van der Waals surface area contributed by atoms with E-state index in [4.69, 9.17) is 4.74 Å². The first-order valence-electron chi connectivity index (χ1n) is 8.09. The van der Waals surface area contributed by atoms with Crippen molar-refractivity contribution in [2.45, 2.75) is 26.7 Å². The summed E-state index contributed by atoms with van der Waals surface area (Å²) in [6.45, 7) is 4.85. The molecule has 2 aromatic rings. The highest BCUT2D eigenvalue weighted by molar-refractivity contribution is 6.08. The number of amides is 2. The van der Waals surface area contributed by atoms with Gasteiger partial charge >= 0.3 is 5.97 Å². The Morgan fingerprint density at radius 2 is 1.76 bits per heavy atom. The minimum atomic E-state index is -0.505. The van der Waals surface area contributed by atoms with Crippen molar-refractivity contribution in [1.29, 1.82) is 0 Å². The molecule has 0 N–H and O–H groups in total. The van der Waals surface area contributed by atoms with E-state index in [2.05, 4.69) is 0 Å². The number of carbonyl (C=O) groups excluding carboxylic acids is 3. The van der Waals surface area contributed by atoms with Crippen molar-refractivity contribution in [3.05, 3.63) is 64.7 Å². The Morgan fingerprint density at radius 1 is 1.08 bits per heavy atom. The fourth-order valence-electron chi connectivity index (χ4n) is 3.33. The van der Waals surface area contributed by atoms with Gasteiger partial charge in [0.2, 0.25) is 5.91 Å². The van der Waals surface area contributed by atoms with Crippen molar-refractivity contribution in [2.75, 3.05) is 6.54 Å². The predicted octanol–water partition coefficient (Wildman–Crippen LogP) is 3.05. The fourth-order valence-corrected chi connectivity index (χ4v) is 3.33. The highest BCUT2D eigenvalue weighted by Crippen LogP contribution is 2.40. The monoisotopic (exact) mass is 337 g/mol. The molecule has 0 saturated carbocycles. The lowest BCUT2D eigenvalue weighted by Crippen LogP contribution is -2.43. The highest BCUT2D eigenvalue weighted by atomic mass is 16.5. The molecule has 3 rings (SSSR count). The zero-order valence-corrected chi connectivity index (χ0v) is 14.4. The number of hydrogen-bond acceptors (Lipinski definition) is 4. The molecule has 0 fully saturated rings. The molecule has 2 amide bonds. The van der Waals surface area contributed by atoms with Gasteiger partial charge in [-0.1, -0.05) is 36.4 Å². The lowest BCUT2D eigenvalue weighted by molar-refractivity contribution is -0.131. The lowest BCUT2D eigenvalue weighted by Gasteiger charge is -2.34. The molecule has 1 aliphatic rings. The summed E-state index contributed by atoms with van der Waals surface area (Å²) in [5, 5.41) is 0. The number of fused-ring (bicyclic) bond motifs is 1. The van der Waals surface area contributed by atoms with Crippen LogP contribution in [-0.2, 0) is 9.59 Å². The third-order valence-corrected chi connectivity index (χ3v) is 4.43. The maximum absolute atomic E-state index is 12.9. The number of imide groups is 1.